The first-order chi connectivity index (χ1) is 6.17. The van der Waals surface area contributed by atoms with Crippen molar-refractivity contribution < 1.29 is 9.63 Å². The number of hydrogen-bond donors (Lipinski definition) is 0. The van der Waals surface area contributed by atoms with Gasteiger partial charge >= 0.3 is 0 Å². The van der Waals surface area contributed by atoms with Gasteiger partial charge in [0.15, 0.2) is 0 Å². The molecule has 6 heteroatoms. The number of nitrogens with zero attached hydrogens (tertiary/aromatic N) is 4. The fourth-order valence-electron chi connectivity index (χ4n) is 0.557. The van der Waals surface area contributed by atoms with Crippen LogP contribution in [0, 0.1) is 22.7 Å². The van der Waals surface area contributed by atoms with Crippen molar-refractivity contribution in [3.8, 4) is 12.1 Å². The highest BCUT2D eigenvalue weighted by atomic mass is 16.6. The molecule has 0 atom stereocenters. The average Bonchev–Trinajstić information content (AvgIpc) is 2.13. The summed E-state index contributed by atoms with van der Waals surface area (Å²) < 4.78 is 0. The Morgan fingerprint density at radius 3 is 2.62 bits per heavy atom. The fourth-order valence-corrected chi connectivity index (χ4v) is 0.557. The fraction of sp³-hybridized carbons (Fsp3) is 0.429. The Bertz CT molecular complexity index is 297. The van der Waals surface area contributed by atoms with Gasteiger partial charge in [-0.15, -0.1) is 0 Å². The van der Waals surface area contributed by atoms with Crippen LogP contribution in [0.3, 0.4) is 0 Å². The minimum absolute atomic E-state index is 0.0940. The predicted molar refractivity (Wildman–Crippen MR) is 43.3 cm³/mol. The monoisotopic (exact) mass is 180 g/mol. The summed E-state index contributed by atoms with van der Waals surface area (Å²) in [5, 5.41) is 19.9. The zero-order valence-corrected chi connectivity index (χ0v) is 7.31. The van der Waals surface area contributed by atoms with Gasteiger partial charge in [-0.25, -0.2) is 0 Å². The van der Waals surface area contributed by atoms with Crippen molar-refractivity contribution in [3.63, 3.8) is 0 Å². The molecule has 0 saturated carbocycles. The van der Waals surface area contributed by atoms with Crippen molar-refractivity contribution in [1.82, 2.24) is 4.90 Å². The number of hydrogen-bond acceptors (Lipinski definition) is 5. The zero-order chi connectivity index (χ0) is 10.3. The lowest BCUT2D eigenvalue weighted by atomic mass is 10.3. The summed E-state index contributed by atoms with van der Waals surface area (Å²) in [7, 11) is 2.63. The number of nitriles is 2. The van der Waals surface area contributed by atoms with Crippen molar-refractivity contribution in [2.75, 3.05) is 20.7 Å². The Morgan fingerprint density at radius 1 is 1.62 bits per heavy atom. The molecule has 0 N–H and O–H groups in total. The lowest BCUT2D eigenvalue weighted by Gasteiger charge is -2.09. The van der Waals surface area contributed by atoms with E-state index in [4.69, 9.17) is 10.5 Å². The quantitative estimate of drug-likeness (QED) is 0.332. The molecule has 0 aliphatic heterocycles. The van der Waals surface area contributed by atoms with Crippen LogP contribution in [0.2, 0.25) is 0 Å². The van der Waals surface area contributed by atoms with Crippen LogP contribution < -0.4 is 0 Å². The van der Waals surface area contributed by atoms with Crippen LogP contribution in [0.5, 0.6) is 0 Å². The Labute approximate surface area is 75.6 Å². The minimum atomic E-state index is -0.633. The molecule has 0 fully saturated rings. The van der Waals surface area contributed by atoms with Gasteiger partial charge in [0.25, 0.3) is 5.91 Å². The van der Waals surface area contributed by atoms with E-state index in [1.54, 1.807) is 12.1 Å². The van der Waals surface area contributed by atoms with Gasteiger partial charge in [-0.3, -0.25) is 4.79 Å². The number of rotatable bonds is 3. The molecule has 0 aliphatic rings. The smallest absolute Gasteiger partial charge is 0.287 e. The number of oxime groups is 1. The second-order valence-electron chi connectivity index (χ2n) is 2.05. The van der Waals surface area contributed by atoms with Crippen LogP contribution >= 0.6 is 0 Å². The molecule has 0 rings (SSSR count). The van der Waals surface area contributed by atoms with Crippen molar-refractivity contribution in [3.05, 3.63) is 0 Å². The summed E-state index contributed by atoms with van der Waals surface area (Å²) in [6.07, 6.45) is 0. The van der Waals surface area contributed by atoms with E-state index in [2.05, 4.69) is 9.99 Å². The summed E-state index contributed by atoms with van der Waals surface area (Å²) in [4.78, 5) is 16.5. The standard InChI is InChI=1S/C7H8N4O2/c1-11(4-3-8)7(12)6(5-9)10-13-2/h4H2,1-2H3. The summed E-state index contributed by atoms with van der Waals surface area (Å²) in [6, 6.07) is 3.34. The van der Waals surface area contributed by atoms with Crippen LogP contribution in [0.4, 0.5) is 0 Å². The number of amides is 1. The second-order valence-corrected chi connectivity index (χ2v) is 2.05. The molecule has 0 saturated heterocycles. The third-order valence-corrected chi connectivity index (χ3v) is 1.15. The molecular weight excluding hydrogens is 172 g/mol. The first-order valence-corrected chi connectivity index (χ1v) is 3.31. The van der Waals surface area contributed by atoms with Gasteiger partial charge in [0.2, 0.25) is 5.71 Å². The van der Waals surface area contributed by atoms with Gasteiger partial charge < -0.3 is 9.74 Å². The van der Waals surface area contributed by atoms with Gasteiger partial charge in [-0.1, -0.05) is 5.16 Å². The van der Waals surface area contributed by atoms with E-state index in [1.807, 2.05) is 0 Å². The molecule has 0 aromatic carbocycles. The first kappa shape index (κ1) is 10.9. The van der Waals surface area contributed by atoms with E-state index in [-0.39, 0.29) is 12.3 Å². The Morgan fingerprint density at radius 2 is 2.23 bits per heavy atom. The Kier molecular flexibility index (Phi) is 4.67. The van der Waals surface area contributed by atoms with Gasteiger partial charge in [-0.2, -0.15) is 10.5 Å². The maximum Gasteiger partial charge on any atom is 0.287 e. The molecule has 0 aromatic rings. The van der Waals surface area contributed by atoms with Crippen LogP contribution in [-0.4, -0.2) is 37.2 Å². The van der Waals surface area contributed by atoms with E-state index in [0.717, 1.165) is 4.90 Å². The summed E-state index contributed by atoms with van der Waals surface area (Å²) >= 11 is 0. The maximum absolute atomic E-state index is 11.2. The van der Waals surface area contributed by atoms with Gasteiger partial charge in [0.05, 0.1) is 6.07 Å². The molecule has 0 spiro atoms. The first-order valence-electron chi connectivity index (χ1n) is 3.31. The molecule has 68 valence electrons. The van der Waals surface area contributed by atoms with Crippen LogP contribution in [0.15, 0.2) is 5.16 Å². The van der Waals surface area contributed by atoms with Crippen molar-refractivity contribution in [1.29, 1.82) is 10.5 Å². The molecule has 0 aromatic heterocycles. The number of carbonyl (C=O) groups excluding carboxylic acids is 1. The summed E-state index contributed by atoms with van der Waals surface area (Å²) in [5.41, 5.74) is -0.375. The molecular formula is C7H8N4O2. The van der Waals surface area contributed by atoms with E-state index >= 15 is 0 Å². The van der Waals surface area contributed by atoms with E-state index in [0.29, 0.717) is 0 Å². The molecule has 13 heavy (non-hydrogen) atoms. The highest BCUT2D eigenvalue weighted by molar-refractivity contribution is 6.44. The third-order valence-electron chi connectivity index (χ3n) is 1.15. The molecule has 6 nitrogen and oxygen atoms in total. The highest BCUT2D eigenvalue weighted by Crippen LogP contribution is 1.88. The largest absolute Gasteiger partial charge is 0.398 e. The zero-order valence-electron chi connectivity index (χ0n) is 7.31. The molecule has 0 radical (unpaired) electrons. The Hall–Kier alpha value is -2.08. The summed E-state index contributed by atoms with van der Waals surface area (Å²) in [6.45, 7) is -0.0940. The lowest BCUT2D eigenvalue weighted by molar-refractivity contribution is -0.122. The van der Waals surface area contributed by atoms with Crippen molar-refractivity contribution in [2.24, 2.45) is 5.16 Å². The van der Waals surface area contributed by atoms with Crippen LogP contribution in [0.1, 0.15) is 0 Å². The van der Waals surface area contributed by atoms with Gasteiger partial charge in [0.1, 0.15) is 19.7 Å². The summed E-state index contributed by atoms with van der Waals surface area (Å²) in [5.74, 6) is -0.633. The molecule has 0 unspecified atom stereocenters. The van der Waals surface area contributed by atoms with Gasteiger partial charge in [0, 0.05) is 7.05 Å². The highest BCUT2D eigenvalue weighted by Gasteiger charge is 2.16. The molecule has 0 heterocycles. The van der Waals surface area contributed by atoms with Gasteiger partial charge in [-0.05, 0) is 0 Å². The second kappa shape index (κ2) is 5.56. The normalized spacial score (nSPS) is 9.69. The minimum Gasteiger partial charge on any atom is -0.398 e. The third kappa shape index (κ3) is 3.21. The molecule has 1 amide bonds. The topological polar surface area (TPSA) is 89.5 Å². The van der Waals surface area contributed by atoms with E-state index in [1.165, 1.54) is 14.2 Å². The SMILES string of the molecule is CON=C(C#N)C(=O)N(C)CC#N. The predicted octanol–water partition coefficient (Wildman–Crippen LogP) is -0.506. The molecule has 0 bridgehead atoms. The van der Waals surface area contributed by atoms with Crippen LogP contribution in [0.25, 0.3) is 0 Å². The maximum atomic E-state index is 11.2. The van der Waals surface area contributed by atoms with Crippen molar-refractivity contribution in [2.45, 2.75) is 0 Å². The number of carbonyl (C=O) groups is 1. The Balaban J connectivity index is 4.51. The molecule has 0 aliphatic carbocycles. The van der Waals surface area contributed by atoms with Crippen LogP contribution in [-0.2, 0) is 9.63 Å². The van der Waals surface area contributed by atoms with E-state index in [9.17, 15) is 4.79 Å². The van der Waals surface area contributed by atoms with E-state index < -0.39 is 5.91 Å². The lowest BCUT2D eigenvalue weighted by Crippen LogP contribution is -2.33. The van der Waals surface area contributed by atoms with Crippen molar-refractivity contribution >= 4 is 11.6 Å². The average molecular weight is 180 g/mol.